The van der Waals surface area contributed by atoms with Crippen LogP contribution in [0.1, 0.15) is 245 Å². The average molecular weight is 898 g/mol. The molecule has 6 N–H and O–H groups in total. The summed E-state index contributed by atoms with van der Waals surface area (Å²) >= 11 is 0. The molecule has 0 aromatic heterocycles. The summed E-state index contributed by atoms with van der Waals surface area (Å²) in [5.74, 6) is -0.223. The molecule has 1 amide bonds. The molecule has 1 fully saturated rings. The van der Waals surface area contributed by atoms with E-state index in [2.05, 4.69) is 19.2 Å². The van der Waals surface area contributed by atoms with E-state index in [-0.39, 0.29) is 18.5 Å². The first-order chi connectivity index (χ1) is 30.7. The monoisotopic (exact) mass is 898 g/mol. The summed E-state index contributed by atoms with van der Waals surface area (Å²) in [5, 5.41) is 54.1. The SMILES string of the molecule is CCCCCCCCC/C=C/C(O)C(COC1OC(CO)C(O)C(O)C1O)NC(=O)CCCCCCCCCCCCCCCOC(=O)CCCCCCCCCCCCCCC. The molecule has 7 atom stereocenters. The molecule has 1 saturated heterocycles. The van der Waals surface area contributed by atoms with Crippen molar-refractivity contribution in [3.05, 3.63) is 12.2 Å². The number of carbonyl (C=O) groups is 2. The third-order valence-electron chi connectivity index (χ3n) is 12.7. The molecule has 0 radical (unpaired) electrons. The molecule has 1 aliphatic rings. The average Bonchev–Trinajstić information content (AvgIpc) is 3.28. The number of nitrogens with one attached hydrogen (secondary N) is 1. The second-order valence-electron chi connectivity index (χ2n) is 18.6. The Labute approximate surface area is 385 Å². The first-order valence-corrected chi connectivity index (χ1v) is 26.5. The van der Waals surface area contributed by atoms with Crippen molar-refractivity contribution in [1.82, 2.24) is 5.32 Å². The number of unbranched alkanes of at least 4 members (excludes halogenated alkanes) is 31. The van der Waals surface area contributed by atoms with Crippen molar-refractivity contribution in [2.45, 2.75) is 288 Å². The van der Waals surface area contributed by atoms with Gasteiger partial charge in [-0.2, -0.15) is 0 Å². The van der Waals surface area contributed by atoms with Gasteiger partial charge in [0.25, 0.3) is 0 Å². The summed E-state index contributed by atoms with van der Waals surface area (Å²) in [5.41, 5.74) is 0. The molecule has 1 rings (SSSR count). The number of esters is 1. The van der Waals surface area contributed by atoms with Gasteiger partial charge in [0.1, 0.15) is 24.4 Å². The van der Waals surface area contributed by atoms with E-state index in [1.807, 2.05) is 6.08 Å². The smallest absolute Gasteiger partial charge is 0.305 e. The van der Waals surface area contributed by atoms with Crippen LogP contribution < -0.4 is 5.32 Å². The summed E-state index contributed by atoms with van der Waals surface area (Å²) in [6.07, 6.45) is 37.2. The maximum absolute atomic E-state index is 13.0. The molecule has 63 heavy (non-hydrogen) atoms. The van der Waals surface area contributed by atoms with Gasteiger partial charge >= 0.3 is 5.97 Å². The van der Waals surface area contributed by atoms with Gasteiger partial charge in [0.15, 0.2) is 6.29 Å². The molecule has 11 heteroatoms. The van der Waals surface area contributed by atoms with Crippen molar-refractivity contribution in [1.29, 1.82) is 0 Å². The number of aliphatic hydroxyl groups excluding tert-OH is 5. The van der Waals surface area contributed by atoms with E-state index in [1.54, 1.807) is 6.08 Å². The van der Waals surface area contributed by atoms with Crippen LogP contribution in [0.3, 0.4) is 0 Å². The predicted molar refractivity (Wildman–Crippen MR) is 255 cm³/mol. The van der Waals surface area contributed by atoms with Gasteiger partial charge in [0.05, 0.1) is 32.0 Å². The Morgan fingerprint density at radius 1 is 0.571 bits per heavy atom. The molecular formula is C52H99NO10. The van der Waals surface area contributed by atoms with Crippen molar-refractivity contribution in [3.63, 3.8) is 0 Å². The van der Waals surface area contributed by atoms with Gasteiger partial charge in [0, 0.05) is 12.8 Å². The van der Waals surface area contributed by atoms with E-state index in [1.165, 1.54) is 148 Å². The van der Waals surface area contributed by atoms with Gasteiger partial charge in [-0.3, -0.25) is 9.59 Å². The summed E-state index contributed by atoms with van der Waals surface area (Å²) in [7, 11) is 0. The Morgan fingerprint density at radius 2 is 1.00 bits per heavy atom. The van der Waals surface area contributed by atoms with E-state index < -0.39 is 49.5 Å². The number of hydrogen-bond donors (Lipinski definition) is 6. The second-order valence-corrected chi connectivity index (χ2v) is 18.6. The number of ether oxygens (including phenoxy) is 3. The Morgan fingerprint density at radius 3 is 1.48 bits per heavy atom. The largest absolute Gasteiger partial charge is 0.466 e. The second kappa shape index (κ2) is 43.0. The number of hydrogen-bond acceptors (Lipinski definition) is 10. The maximum atomic E-state index is 13.0. The Bertz CT molecular complexity index is 1060. The topological polar surface area (TPSA) is 175 Å². The standard InChI is InChI=1S/C52H99NO10/c1-3-5-7-9-11-13-14-16-20-24-28-32-36-40-48(57)61-41-37-33-29-25-21-18-15-17-19-23-27-31-35-39-47(56)53-44(45(55)38-34-30-26-22-12-10-8-6-4-2)43-62-52-51(60)50(59)49(58)46(42-54)63-52/h34,38,44-46,49-52,54-55,58-60H,3-33,35-37,39-43H2,1-2H3,(H,53,56)/b38-34+. The summed E-state index contributed by atoms with van der Waals surface area (Å²) in [6, 6.07) is -0.816. The van der Waals surface area contributed by atoms with Crippen molar-refractivity contribution in [2.75, 3.05) is 19.8 Å². The Hall–Kier alpha value is -1.60. The lowest BCUT2D eigenvalue weighted by Gasteiger charge is -2.40. The van der Waals surface area contributed by atoms with Gasteiger partial charge in [-0.15, -0.1) is 0 Å². The highest BCUT2D eigenvalue weighted by Gasteiger charge is 2.44. The molecule has 1 aliphatic heterocycles. The van der Waals surface area contributed by atoms with Crippen LogP contribution in [0.4, 0.5) is 0 Å². The minimum Gasteiger partial charge on any atom is -0.466 e. The Kier molecular flexibility index (Phi) is 40.6. The lowest BCUT2D eigenvalue weighted by atomic mass is 9.99. The normalized spacial score (nSPS) is 20.0. The number of aliphatic hydroxyl groups is 5. The van der Waals surface area contributed by atoms with Crippen LogP contribution in [0.15, 0.2) is 12.2 Å². The fraction of sp³-hybridized carbons (Fsp3) is 0.923. The summed E-state index contributed by atoms with van der Waals surface area (Å²) in [4.78, 5) is 25.0. The number of carbonyl (C=O) groups excluding carboxylic acids is 2. The predicted octanol–water partition coefficient (Wildman–Crippen LogP) is 10.8. The zero-order valence-electron chi connectivity index (χ0n) is 40.6. The highest BCUT2D eigenvalue weighted by atomic mass is 16.7. The molecule has 0 aliphatic carbocycles. The van der Waals surface area contributed by atoms with Crippen LogP contribution >= 0.6 is 0 Å². The minimum atomic E-state index is -1.57. The summed E-state index contributed by atoms with van der Waals surface area (Å²) < 4.78 is 16.6. The number of rotatable bonds is 45. The van der Waals surface area contributed by atoms with Crippen molar-refractivity contribution >= 4 is 11.9 Å². The molecule has 0 aromatic carbocycles. The van der Waals surface area contributed by atoms with Crippen LogP contribution in [0.2, 0.25) is 0 Å². The molecule has 7 unspecified atom stereocenters. The molecule has 0 aromatic rings. The molecule has 1 heterocycles. The first kappa shape index (κ1) is 59.4. The van der Waals surface area contributed by atoms with Crippen molar-refractivity contribution < 1.29 is 49.3 Å². The van der Waals surface area contributed by atoms with E-state index in [9.17, 15) is 35.1 Å². The van der Waals surface area contributed by atoms with Gasteiger partial charge in [-0.25, -0.2) is 0 Å². The van der Waals surface area contributed by atoms with Gasteiger partial charge in [0.2, 0.25) is 5.91 Å². The first-order valence-electron chi connectivity index (χ1n) is 26.5. The highest BCUT2D eigenvalue weighted by Crippen LogP contribution is 2.23. The van der Waals surface area contributed by atoms with Crippen LogP contribution in [0, 0.1) is 0 Å². The van der Waals surface area contributed by atoms with Crippen molar-refractivity contribution in [2.24, 2.45) is 0 Å². The van der Waals surface area contributed by atoms with Crippen LogP contribution in [0.25, 0.3) is 0 Å². The number of amides is 1. The Balaban J connectivity index is 2.11. The summed E-state index contributed by atoms with van der Waals surface area (Å²) in [6.45, 7) is 4.27. The fourth-order valence-electron chi connectivity index (χ4n) is 8.37. The molecule has 372 valence electrons. The van der Waals surface area contributed by atoms with Crippen LogP contribution in [0.5, 0.6) is 0 Å². The van der Waals surface area contributed by atoms with E-state index in [0.717, 1.165) is 70.6 Å². The quantitative estimate of drug-likeness (QED) is 0.0196. The van der Waals surface area contributed by atoms with E-state index in [0.29, 0.717) is 19.4 Å². The lowest BCUT2D eigenvalue weighted by Crippen LogP contribution is -2.60. The third-order valence-corrected chi connectivity index (χ3v) is 12.7. The number of allylic oxidation sites excluding steroid dienone is 1. The zero-order valence-corrected chi connectivity index (χ0v) is 40.6. The van der Waals surface area contributed by atoms with Gasteiger partial charge in [-0.05, 0) is 32.1 Å². The van der Waals surface area contributed by atoms with Crippen molar-refractivity contribution in [3.8, 4) is 0 Å². The molecule has 0 spiro atoms. The van der Waals surface area contributed by atoms with E-state index >= 15 is 0 Å². The lowest BCUT2D eigenvalue weighted by molar-refractivity contribution is -0.302. The third kappa shape index (κ3) is 33.5. The molecule has 11 nitrogen and oxygen atoms in total. The zero-order chi connectivity index (χ0) is 46.0. The maximum Gasteiger partial charge on any atom is 0.305 e. The molecular weight excluding hydrogens is 799 g/mol. The van der Waals surface area contributed by atoms with E-state index in [4.69, 9.17) is 14.2 Å². The molecule has 0 saturated carbocycles. The van der Waals surface area contributed by atoms with Crippen LogP contribution in [-0.2, 0) is 23.8 Å². The van der Waals surface area contributed by atoms with Crippen LogP contribution in [-0.4, -0.2) is 100 Å². The molecule has 0 bridgehead atoms. The minimum absolute atomic E-state index is 0.0264. The van der Waals surface area contributed by atoms with Gasteiger partial charge < -0.3 is 45.1 Å². The fourth-order valence-corrected chi connectivity index (χ4v) is 8.37. The highest BCUT2D eigenvalue weighted by molar-refractivity contribution is 5.76. The van der Waals surface area contributed by atoms with Gasteiger partial charge in [-0.1, -0.05) is 212 Å².